The van der Waals surface area contributed by atoms with Crippen molar-refractivity contribution in [2.45, 2.75) is 12.0 Å². The molecule has 0 saturated carbocycles. The highest BCUT2D eigenvalue weighted by Crippen LogP contribution is 2.28. The minimum atomic E-state index is -1.17. The van der Waals surface area contributed by atoms with Crippen LogP contribution in [0.4, 0.5) is 0 Å². The number of nitrogens with one attached hydrogen (secondary N) is 1. The number of amides is 2. The topological polar surface area (TPSA) is 91.4 Å². The smallest absolute Gasteiger partial charge is 0.291 e. The third-order valence-corrected chi connectivity index (χ3v) is 5.41. The number of carbonyl (C=O) groups excluding carboxylic acids is 2. The van der Waals surface area contributed by atoms with E-state index in [0.29, 0.717) is 13.0 Å². The van der Waals surface area contributed by atoms with E-state index in [1.807, 2.05) is 36.4 Å². The molecule has 1 fully saturated rings. The summed E-state index contributed by atoms with van der Waals surface area (Å²) in [7, 11) is 3.40. The maximum absolute atomic E-state index is 13.3. The molecule has 0 spiro atoms. The van der Waals surface area contributed by atoms with Gasteiger partial charge >= 0.3 is 0 Å². The molecule has 2 heterocycles. The first-order valence-electron chi connectivity index (χ1n) is 10.1. The monoisotopic (exact) mass is 419 g/mol. The van der Waals surface area contributed by atoms with Crippen LogP contribution in [-0.2, 0) is 16.0 Å². The summed E-state index contributed by atoms with van der Waals surface area (Å²) in [6.07, 6.45) is 1.64. The fraction of sp³-hybridized carbons (Fsp3) is 0.304. The van der Waals surface area contributed by atoms with Crippen LogP contribution in [0, 0.1) is 0 Å². The predicted octanol–water partition coefficient (Wildman–Crippen LogP) is 2.01. The summed E-state index contributed by atoms with van der Waals surface area (Å²) in [5, 5.41) is 6.35. The molecule has 4 rings (SSSR count). The molecular formula is C23H25N5O3. The summed E-state index contributed by atoms with van der Waals surface area (Å²) in [4.78, 5) is 33.2. The van der Waals surface area contributed by atoms with Crippen molar-refractivity contribution in [1.82, 2.24) is 25.0 Å². The van der Waals surface area contributed by atoms with Gasteiger partial charge < -0.3 is 14.5 Å². The number of hydrogen-bond acceptors (Lipinski definition) is 5. The molecule has 0 bridgehead atoms. The summed E-state index contributed by atoms with van der Waals surface area (Å²) < 4.78 is 6.10. The SMILES string of the molecule is CN(C)C(=O)[C@@]1(Cc2cccc(-c3ccccc3)c2)CN(C(=O)c2ncn[nH]2)CCO1. The van der Waals surface area contributed by atoms with Crippen LogP contribution in [0.3, 0.4) is 0 Å². The van der Waals surface area contributed by atoms with E-state index in [1.165, 1.54) is 11.2 Å². The summed E-state index contributed by atoms with van der Waals surface area (Å²) in [6, 6.07) is 18.1. The van der Waals surface area contributed by atoms with E-state index in [0.717, 1.165) is 16.7 Å². The van der Waals surface area contributed by atoms with Crippen molar-refractivity contribution in [3.8, 4) is 11.1 Å². The Hall–Kier alpha value is -3.52. The summed E-state index contributed by atoms with van der Waals surface area (Å²) in [5.41, 5.74) is 1.96. The largest absolute Gasteiger partial charge is 0.361 e. The number of benzene rings is 2. The Labute approximate surface area is 180 Å². The molecule has 8 nitrogen and oxygen atoms in total. The van der Waals surface area contributed by atoms with Crippen LogP contribution in [0.2, 0.25) is 0 Å². The lowest BCUT2D eigenvalue weighted by Crippen LogP contribution is -2.61. The van der Waals surface area contributed by atoms with Crippen LogP contribution < -0.4 is 0 Å². The minimum Gasteiger partial charge on any atom is -0.361 e. The zero-order valence-corrected chi connectivity index (χ0v) is 17.6. The Bertz CT molecular complexity index is 1050. The lowest BCUT2D eigenvalue weighted by molar-refractivity contribution is -0.165. The number of aromatic amines is 1. The molecule has 1 atom stereocenters. The molecule has 1 aliphatic rings. The van der Waals surface area contributed by atoms with Crippen molar-refractivity contribution in [1.29, 1.82) is 0 Å². The zero-order valence-electron chi connectivity index (χ0n) is 17.6. The maximum atomic E-state index is 13.3. The van der Waals surface area contributed by atoms with Gasteiger partial charge in [0.2, 0.25) is 5.82 Å². The molecule has 1 saturated heterocycles. The number of aromatic nitrogens is 3. The molecule has 0 radical (unpaired) electrons. The fourth-order valence-corrected chi connectivity index (χ4v) is 3.96. The van der Waals surface area contributed by atoms with E-state index in [1.54, 1.807) is 19.0 Å². The lowest BCUT2D eigenvalue weighted by Gasteiger charge is -2.42. The van der Waals surface area contributed by atoms with Gasteiger partial charge in [-0.3, -0.25) is 14.7 Å². The van der Waals surface area contributed by atoms with Crippen LogP contribution in [0.25, 0.3) is 11.1 Å². The Balaban J connectivity index is 1.64. The summed E-state index contributed by atoms with van der Waals surface area (Å²) in [5.74, 6) is -0.318. The molecule has 0 aliphatic carbocycles. The van der Waals surface area contributed by atoms with Crippen molar-refractivity contribution < 1.29 is 14.3 Å². The number of likely N-dealkylation sites (N-methyl/N-ethyl adjacent to an activating group) is 1. The molecule has 2 aromatic carbocycles. The van der Waals surface area contributed by atoms with Gasteiger partial charge in [-0.15, -0.1) is 0 Å². The number of nitrogens with zero attached hydrogens (tertiary/aromatic N) is 4. The Morgan fingerprint density at radius 2 is 1.90 bits per heavy atom. The van der Waals surface area contributed by atoms with Crippen LogP contribution in [0.1, 0.15) is 16.2 Å². The van der Waals surface area contributed by atoms with E-state index in [9.17, 15) is 9.59 Å². The summed E-state index contributed by atoms with van der Waals surface area (Å²) >= 11 is 0. The van der Waals surface area contributed by atoms with Crippen molar-refractivity contribution in [3.05, 3.63) is 72.3 Å². The van der Waals surface area contributed by atoms with E-state index in [-0.39, 0.29) is 30.8 Å². The molecule has 1 aromatic heterocycles. The number of H-pyrrole nitrogens is 1. The van der Waals surface area contributed by atoms with Crippen molar-refractivity contribution in [2.75, 3.05) is 33.8 Å². The van der Waals surface area contributed by atoms with Gasteiger partial charge in [-0.25, -0.2) is 4.98 Å². The molecule has 160 valence electrons. The summed E-state index contributed by atoms with van der Waals surface area (Å²) in [6.45, 7) is 0.781. The van der Waals surface area contributed by atoms with Gasteiger partial charge in [-0.1, -0.05) is 54.6 Å². The average molecular weight is 419 g/mol. The Morgan fingerprint density at radius 1 is 1.13 bits per heavy atom. The Morgan fingerprint density at radius 3 is 2.61 bits per heavy atom. The van der Waals surface area contributed by atoms with Crippen molar-refractivity contribution in [2.24, 2.45) is 0 Å². The number of rotatable bonds is 5. The highest BCUT2D eigenvalue weighted by atomic mass is 16.5. The standard InChI is InChI=1S/C23H25N5O3/c1-27(2)22(30)23(15-28(11-12-31-23)21(29)20-24-16-25-26-20)14-17-7-6-10-19(13-17)18-8-4-3-5-9-18/h3-10,13,16H,11-12,14-15H2,1-2H3,(H,24,25,26)/t23-/m1/s1. The molecule has 3 aromatic rings. The van der Waals surface area contributed by atoms with E-state index in [4.69, 9.17) is 4.74 Å². The number of morpholine rings is 1. The Kier molecular flexibility index (Phi) is 5.81. The van der Waals surface area contributed by atoms with Gasteiger partial charge in [-0.05, 0) is 16.7 Å². The highest BCUT2D eigenvalue weighted by molar-refractivity contribution is 5.92. The first-order chi connectivity index (χ1) is 15.0. The molecule has 2 amide bonds. The van der Waals surface area contributed by atoms with E-state index < -0.39 is 5.60 Å². The molecule has 1 aliphatic heterocycles. The van der Waals surface area contributed by atoms with Crippen LogP contribution in [-0.4, -0.2) is 76.2 Å². The zero-order chi connectivity index (χ0) is 21.8. The second-order valence-corrected chi connectivity index (χ2v) is 7.85. The average Bonchev–Trinajstić information content (AvgIpc) is 3.34. The normalized spacial score (nSPS) is 18.6. The maximum Gasteiger partial charge on any atom is 0.291 e. The first kappa shape index (κ1) is 20.7. The first-order valence-corrected chi connectivity index (χ1v) is 10.1. The van der Waals surface area contributed by atoms with Crippen molar-refractivity contribution >= 4 is 11.8 Å². The van der Waals surface area contributed by atoms with E-state index in [2.05, 4.69) is 33.4 Å². The third-order valence-electron chi connectivity index (χ3n) is 5.41. The number of hydrogen-bond donors (Lipinski definition) is 1. The van der Waals surface area contributed by atoms with Gasteiger partial charge in [-0.2, -0.15) is 5.10 Å². The highest BCUT2D eigenvalue weighted by Gasteiger charge is 2.46. The quantitative estimate of drug-likeness (QED) is 0.683. The van der Waals surface area contributed by atoms with Gasteiger partial charge in [0.25, 0.3) is 11.8 Å². The molecule has 31 heavy (non-hydrogen) atoms. The van der Waals surface area contributed by atoms with Gasteiger partial charge in [0.05, 0.1) is 13.2 Å². The second-order valence-electron chi connectivity index (χ2n) is 7.85. The van der Waals surface area contributed by atoms with Crippen LogP contribution >= 0.6 is 0 Å². The fourth-order valence-electron chi connectivity index (χ4n) is 3.96. The molecule has 0 unspecified atom stereocenters. The lowest BCUT2D eigenvalue weighted by atomic mass is 9.89. The van der Waals surface area contributed by atoms with E-state index >= 15 is 0 Å². The molecule has 1 N–H and O–H groups in total. The van der Waals surface area contributed by atoms with Crippen LogP contribution in [0.5, 0.6) is 0 Å². The number of carbonyl (C=O) groups is 2. The van der Waals surface area contributed by atoms with Gasteiger partial charge in [0.15, 0.2) is 5.60 Å². The van der Waals surface area contributed by atoms with Gasteiger partial charge in [0, 0.05) is 27.1 Å². The third kappa shape index (κ3) is 4.34. The second kappa shape index (κ2) is 8.69. The molecule has 8 heteroatoms. The van der Waals surface area contributed by atoms with Crippen LogP contribution in [0.15, 0.2) is 60.9 Å². The molecular weight excluding hydrogens is 394 g/mol. The van der Waals surface area contributed by atoms with Gasteiger partial charge in [0.1, 0.15) is 6.33 Å². The predicted molar refractivity (Wildman–Crippen MR) is 115 cm³/mol. The van der Waals surface area contributed by atoms with Crippen molar-refractivity contribution in [3.63, 3.8) is 0 Å². The minimum absolute atomic E-state index is 0.138. The number of ether oxygens (including phenoxy) is 1.